The van der Waals surface area contributed by atoms with Crippen LogP contribution in [-0.2, 0) is 6.54 Å². The third-order valence-electron chi connectivity index (χ3n) is 2.84. The van der Waals surface area contributed by atoms with Crippen LogP contribution in [0.25, 0.3) is 0 Å². The van der Waals surface area contributed by atoms with Crippen LogP contribution in [-0.4, -0.2) is 24.0 Å². The maximum absolute atomic E-state index is 11.7. The van der Waals surface area contributed by atoms with E-state index >= 15 is 0 Å². The van der Waals surface area contributed by atoms with E-state index in [0.29, 0.717) is 30.4 Å². The number of pyridine rings is 1. The minimum absolute atomic E-state index is 0.218. The lowest BCUT2D eigenvalue weighted by molar-refractivity contribution is 0.0950. The van der Waals surface area contributed by atoms with Crippen molar-refractivity contribution in [3.63, 3.8) is 0 Å². The predicted molar refractivity (Wildman–Crippen MR) is 84.4 cm³/mol. The Bertz CT molecular complexity index is 584. The van der Waals surface area contributed by atoms with Crippen molar-refractivity contribution in [2.75, 3.05) is 18.4 Å². The Labute approximate surface area is 128 Å². The van der Waals surface area contributed by atoms with Gasteiger partial charge in [0.15, 0.2) is 0 Å². The third-order valence-corrected chi connectivity index (χ3v) is 3.09. The molecule has 2 aromatic rings. The summed E-state index contributed by atoms with van der Waals surface area (Å²) in [6.45, 7) is 1.51. The van der Waals surface area contributed by atoms with Crippen molar-refractivity contribution < 1.29 is 4.79 Å². The van der Waals surface area contributed by atoms with Crippen molar-refractivity contribution in [1.82, 2.24) is 10.3 Å². The number of carbonyl (C=O) groups is 1. The molecule has 2 rings (SSSR count). The molecule has 0 spiro atoms. The van der Waals surface area contributed by atoms with Gasteiger partial charge in [-0.3, -0.25) is 4.79 Å². The van der Waals surface area contributed by atoms with Crippen LogP contribution in [0.3, 0.4) is 0 Å². The molecule has 6 heteroatoms. The number of hydrogen-bond donors (Lipinski definition) is 3. The molecule has 0 aliphatic heterocycles. The summed E-state index contributed by atoms with van der Waals surface area (Å²) in [5.41, 5.74) is 7.67. The second-order valence-electron chi connectivity index (χ2n) is 4.46. The van der Waals surface area contributed by atoms with Gasteiger partial charge in [-0.05, 0) is 29.8 Å². The lowest BCUT2D eigenvalue weighted by Crippen LogP contribution is -2.29. The second kappa shape index (κ2) is 7.61. The summed E-state index contributed by atoms with van der Waals surface area (Å²) in [6, 6.07) is 11.1. The van der Waals surface area contributed by atoms with Gasteiger partial charge in [-0.15, -0.1) is 0 Å². The highest BCUT2D eigenvalue weighted by Crippen LogP contribution is 2.12. The van der Waals surface area contributed by atoms with Crippen molar-refractivity contribution >= 4 is 23.2 Å². The summed E-state index contributed by atoms with van der Waals surface area (Å²) in [5.74, 6) is -0.218. The fourth-order valence-electron chi connectivity index (χ4n) is 1.72. The molecule has 0 radical (unpaired) electrons. The zero-order valence-corrected chi connectivity index (χ0v) is 12.2. The number of nitrogens with zero attached hydrogens (tertiary/aromatic N) is 1. The van der Waals surface area contributed by atoms with E-state index in [1.165, 1.54) is 0 Å². The average Bonchev–Trinajstić information content (AvgIpc) is 2.52. The van der Waals surface area contributed by atoms with Crippen molar-refractivity contribution in [2.45, 2.75) is 6.54 Å². The van der Waals surface area contributed by atoms with Gasteiger partial charge in [-0.1, -0.05) is 23.7 Å². The van der Waals surface area contributed by atoms with Gasteiger partial charge < -0.3 is 16.4 Å². The van der Waals surface area contributed by atoms with E-state index in [1.807, 2.05) is 30.3 Å². The molecule has 0 unspecified atom stereocenters. The molecule has 1 amide bonds. The highest BCUT2D eigenvalue weighted by molar-refractivity contribution is 6.30. The number of benzene rings is 1. The maximum atomic E-state index is 11.7. The summed E-state index contributed by atoms with van der Waals surface area (Å²) in [4.78, 5) is 15.8. The Hall–Kier alpha value is -2.11. The Morgan fingerprint density at radius 1 is 1.19 bits per heavy atom. The number of hydrogen-bond acceptors (Lipinski definition) is 4. The van der Waals surface area contributed by atoms with E-state index in [1.54, 1.807) is 12.3 Å². The van der Waals surface area contributed by atoms with Crippen molar-refractivity contribution in [3.05, 3.63) is 58.9 Å². The molecule has 1 aromatic heterocycles. The van der Waals surface area contributed by atoms with Crippen LogP contribution in [0, 0.1) is 0 Å². The Morgan fingerprint density at radius 3 is 2.57 bits per heavy atom. The number of nitrogens with two attached hydrogens (primary N) is 1. The van der Waals surface area contributed by atoms with Crippen LogP contribution in [0.1, 0.15) is 16.1 Å². The van der Waals surface area contributed by atoms with Gasteiger partial charge in [0.2, 0.25) is 0 Å². The molecule has 0 saturated heterocycles. The fourth-order valence-corrected chi connectivity index (χ4v) is 1.84. The first-order valence-corrected chi connectivity index (χ1v) is 6.99. The van der Waals surface area contributed by atoms with E-state index in [4.69, 9.17) is 17.3 Å². The summed E-state index contributed by atoms with van der Waals surface area (Å²) in [5, 5.41) is 6.62. The van der Waals surface area contributed by atoms with Gasteiger partial charge in [0, 0.05) is 24.7 Å². The minimum Gasteiger partial charge on any atom is -0.380 e. The van der Waals surface area contributed by atoms with Gasteiger partial charge in [0.05, 0.1) is 11.9 Å². The van der Waals surface area contributed by atoms with Gasteiger partial charge in [0.1, 0.15) is 5.69 Å². The average molecular weight is 305 g/mol. The SMILES string of the molecule is NCCNC(=O)c1ccc(NCc2ccc(Cl)cc2)cn1. The van der Waals surface area contributed by atoms with Crippen molar-refractivity contribution in [2.24, 2.45) is 5.73 Å². The zero-order chi connectivity index (χ0) is 15.1. The van der Waals surface area contributed by atoms with Crippen molar-refractivity contribution in [1.29, 1.82) is 0 Å². The first kappa shape index (κ1) is 15.3. The molecule has 0 bridgehead atoms. The molecular formula is C15H17ClN4O. The summed E-state index contributed by atoms with van der Waals surface area (Å²) >= 11 is 5.84. The molecule has 0 aliphatic rings. The number of rotatable bonds is 6. The summed E-state index contributed by atoms with van der Waals surface area (Å²) in [6.07, 6.45) is 1.63. The number of halogens is 1. The first-order valence-electron chi connectivity index (χ1n) is 6.61. The normalized spacial score (nSPS) is 10.2. The minimum atomic E-state index is -0.218. The molecule has 5 nitrogen and oxygen atoms in total. The molecule has 0 atom stereocenters. The van der Waals surface area contributed by atoms with Crippen LogP contribution in [0.15, 0.2) is 42.6 Å². The number of anilines is 1. The highest BCUT2D eigenvalue weighted by Gasteiger charge is 2.05. The number of amides is 1. The van der Waals surface area contributed by atoms with Crippen LogP contribution in [0.4, 0.5) is 5.69 Å². The first-order chi connectivity index (χ1) is 10.2. The van der Waals surface area contributed by atoms with Gasteiger partial charge in [-0.2, -0.15) is 0 Å². The molecule has 0 saturated carbocycles. The lowest BCUT2D eigenvalue weighted by atomic mass is 10.2. The maximum Gasteiger partial charge on any atom is 0.269 e. The molecule has 1 aromatic carbocycles. The Morgan fingerprint density at radius 2 is 1.95 bits per heavy atom. The topological polar surface area (TPSA) is 80.0 Å². The summed E-state index contributed by atoms with van der Waals surface area (Å²) < 4.78 is 0. The van der Waals surface area contributed by atoms with Crippen LogP contribution < -0.4 is 16.4 Å². The van der Waals surface area contributed by atoms with E-state index in [2.05, 4.69) is 15.6 Å². The smallest absolute Gasteiger partial charge is 0.269 e. The van der Waals surface area contributed by atoms with Gasteiger partial charge in [0.25, 0.3) is 5.91 Å². The van der Waals surface area contributed by atoms with E-state index in [9.17, 15) is 4.79 Å². The van der Waals surface area contributed by atoms with E-state index in [-0.39, 0.29) is 5.91 Å². The molecular weight excluding hydrogens is 288 g/mol. The molecule has 0 fully saturated rings. The fraction of sp³-hybridized carbons (Fsp3) is 0.200. The molecule has 4 N–H and O–H groups in total. The molecule has 21 heavy (non-hydrogen) atoms. The standard InChI is InChI=1S/C15H17ClN4O/c16-12-3-1-11(2-4-12)9-19-13-5-6-14(20-10-13)15(21)18-8-7-17/h1-6,10,19H,7-9,17H2,(H,18,21). The predicted octanol–water partition coefficient (Wildman–Crippen LogP) is 2.04. The monoisotopic (exact) mass is 304 g/mol. The highest BCUT2D eigenvalue weighted by atomic mass is 35.5. The molecule has 1 heterocycles. The van der Waals surface area contributed by atoms with Crippen LogP contribution >= 0.6 is 11.6 Å². The largest absolute Gasteiger partial charge is 0.380 e. The van der Waals surface area contributed by atoms with Gasteiger partial charge >= 0.3 is 0 Å². The van der Waals surface area contributed by atoms with Gasteiger partial charge in [-0.25, -0.2) is 4.98 Å². The van der Waals surface area contributed by atoms with E-state index < -0.39 is 0 Å². The number of nitrogens with one attached hydrogen (secondary N) is 2. The Balaban J connectivity index is 1.90. The van der Waals surface area contributed by atoms with Crippen LogP contribution in [0.5, 0.6) is 0 Å². The molecule has 0 aliphatic carbocycles. The zero-order valence-electron chi connectivity index (χ0n) is 11.5. The van der Waals surface area contributed by atoms with E-state index in [0.717, 1.165) is 11.3 Å². The summed E-state index contributed by atoms with van der Waals surface area (Å²) in [7, 11) is 0. The third kappa shape index (κ3) is 4.73. The molecule has 110 valence electrons. The Kier molecular flexibility index (Phi) is 5.54. The second-order valence-corrected chi connectivity index (χ2v) is 4.89. The quantitative estimate of drug-likeness (QED) is 0.763. The number of aromatic nitrogens is 1. The van der Waals surface area contributed by atoms with Crippen molar-refractivity contribution in [3.8, 4) is 0 Å². The lowest BCUT2D eigenvalue weighted by Gasteiger charge is -2.07. The van der Waals surface area contributed by atoms with Crippen LogP contribution in [0.2, 0.25) is 5.02 Å². The number of carbonyl (C=O) groups excluding carboxylic acids is 1.